The summed E-state index contributed by atoms with van der Waals surface area (Å²) in [6, 6.07) is 14.1. The molecule has 1 aliphatic carbocycles. The summed E-state index contributed by atoms with van der Waals surface area (Å²) in [7, 11) is 0. The van der Waals surface area contributed by atoms with Crippen LogP contribution in [0.15, 0.2) is 64.8 Å². The fourth-order valence-electron chi connectivity index (χ4n) is 3.41. The standard InChI is InChI=1S/C22H15Cl2NO2/c1-12-5-2-3-6-13(12)9-14-7-4-8-15-16(11-25-21(14)15)19-20(24)18(26)10-17(23)22(19)27/h2-8,10-11,25H,9H2,1H3. The van der Waals surface area contributed by atoms with Crippen molar-refractivity contribution in [2.75, 3.05) is 0 Å². The molecule has 0 aliphatic heterocycles. The fourth-order valence-corrected chi connectivity index (χ4v) is 3.85. The highest BCUT2D eigenvalue weighted by molar-refractivity contribution is 6.62. The lowest BCUT2D eigenvalue weighted by atomic mass is 9.93. The van der Waals surface area contributed by atoms with Crippen LogP contribution in [0, 0.1) is 6.92 Å². The molecule has 0 saturated heterocycles. The van der Waals surface area contributed by atoms with Crippen molar-refractivity contribution in [3.63, 3.8) is 0 Å². The number of nitrogens with one attached hydrogen (secondary N) is 1. The number of para-hydroxylation sites is 1. The van der Waals surface area contributed by atoms with Crippen molar-refractivity contribution in [2.45, 2.75) is 13.3 Å². The molecule has 2 aromatic carbocycles. The number of carbonyl (C=O) groups is 2. The summed E-state index contributed by atoms with van der Waals surface area (Å²) in [5.41, 5.74) is 5.20. The third-order valence-corrected chi connectivity index (χ3v) is 5.51. The van der Waals surface area contributed by atoms with E-state index in [-0.39, 0.29) is 15.6 Å². The van der Waals surface area contributed by atoms with Crippen molar-refractivity contribution in [1.29, 1.82) is 0 Å². The molecule has 0 amide bonds. The number of hydrogen-bond donors (Lipinski definition) is 1. The summed E-state index contributed by atoms with van der Waals surface area (Å²) in [6.07, 6.45) is 3.53. The van der Waals surface area contributed by atoms with E-state index in [9.17, 15) is 9.59 Å². The second-order valence-electron chi connectivity index (χ2n) is 6.52. The number of halogens is 2. The van der Waals surface area contributed by atoms with Gasteiger partial charge in [0.15, 0.2) is 5.78 Å². The zero-order valence-corrected chi connectivity index (χ0v) is 16.0. The molecule has 0 saturated carbocycles. The SMILES string of the molecule is Cc1ccccc1Cc1cccc2c(C3=C(Cl)C(=O)C=C(Cl)C3=O)c[nH]c12. The van der Waals surface area contributed by atoms with Crippen LogP contribution in [0.2, 0.25) is 0 Å². The van der Waals surface area contributed by atoms with E-state index in [2.05, 4.69) is 24.0 Å². The van der Waals surface area contributed by atoms with Crippen LogP contribution in [0.5, 0.6) is 0 Å². The van der Waals surface area contributed by atoms with Gasteiger partial charge in [-0.3, -0.25) is 9.59 Å². The summed E-state index contributed by atoms with van der Waals surface area (Å²) in [5.74, 6) is -0.895. The van der Waals surface area contributed by atoms with E-state index in [1.54, 1.807) is 6.20 Å². The molecule has 0 unspecified atom stereocenters. The van der Waals surface area contributed by atoms with Crippen molar-refractivity contribution in [1.82, 2.24) is 4.98 Å². The number of benzene rings is 2. The van der Waals surface area contributed by atoms with Crippen LogP contribution in [0.3, 0.4) is 0 Å². The molecule has 0 fully saturated rings. The third kappa shape index (κ3) is 3.03. The Labute approximate surface area is 166 Å². The number of H-pyrrole nitrogens is 1. The number of fused-ring (bicyclic) bond motifs is 1. The molecule has 1 aliphatic rings. The largest absolute Gasteiger partial charge is 0.360 e. The van der Waals surface area contributed by atoms with E-state index >= 15 is 0 Å². The Morgan fingerprint density at radius 2 is 1.70 bits per heavy atom. The summed E-state index contributed by atoms with van der Waals surface area (Å²) >= 11 is 12.1. The minimum atomic E-state index is -0.457. The minimum absolute atomic E-state index is 0.102. The van der Waals surface area contributed by atoms with Gasteiger partial charge in [0.05, 0.1) is 15.6 Å². The molecule has 27 heavy (non-hydrogen) atoms. The molecule has 0 spiro atoms. The maximum absolute atomic E-state index is 12.5. The van der Waals surface area contributed by atoms with Gasteiger partial charge in [-0.05, 0) is 30.0 Å². The van der Waals surface area contributed by atoms with Crippen LogP contribution in [-0.4, -0.2) is 16.6 Å². The lowest BCUT2D eigenvalue weighted by molar-refractivity contribution is -0.113. The number of aryl methyl sites for hydroxylation is 1. The van der Waals surface area contributed by atoms with Crippen molar-refractivity contribution >= 4 is 51.2 Å². The van der Waals surface area contributed by atoms with Crippen LogP contribution in [0.25, 0.3) is 16.5 Å². The van der Waals surface area contributed by atoms with E-state index in [0.717, 1.165) is 29.0 Å². The fraction of sp³-hybridized carbons (Fsp3) is 0.0909. The van der Waals surface area contributed by atoms with Gasteiger partial charge in [0.25, 0.3) is 0 Å². The summed E-state index contributed by atoms with van der Waals surface area (Å²) in [6.45, 7) is 2.08. The van der Waals surface area contributed by atoms with Gasteiger partial charge in [0.2, 0.25) is 5.78 Å². The maximum atomic E-state index is 12.5. The number of hydrogen-bond acceptors (Lipinski definition) is 2. The van der Waals surface area contributed by atoms with E-state index in [1.165, 1.54) is 11.1 Å². The lowest BCUT2D eigenvalue weighted by Gasteiger charge is -2.12. The normalized spacial score (nSPS) is 14.9. The van der Waals surface area contributed by atoms with E-state index in [0.29, 0.717) is 5.56 Å². The minimum Gasteiger partial charge on any atom is -0.360 e. The van der Waals surface area contributed by atoms with Gasteiger partial charge in [-0.2, -0.15) is 0 Å². The molecule has 134 valence electrons. The molecule has 4 rings (SSSR count). The van der Waals surface area contributed by atoms with Gasteiger partial charge < -0.3 is 4.98 Å². The van der Waals surface area contributed by atoms with Gasteiger partial charge in [0, 0.05) is 28.7 Å². The summed E-state index contributed by atoms with van der Waals surface area (Å²) < 4.78 is 0. The predicted octanol–water partition coefficient (Wildman–Crippen LogP) is 5.29. The number of carbonyl (C=O) groups excluding carboxylic acids is 2. The Kier molecular flexibility index (Phi) is 4.50. The van der Waals surface area contributed by atoms with Crippen molar-refractivity contribution in [3.05, 3.63) is 87.1 Å². The number of aromatic amines is 1. The zero-order chi connectivity index (χ0) is 19.1. The van der Waals surface area contributed by atoms with Crippen molar-refractivity contribution in [2.24, 2.45) is 0 Å². The monoisotopic (exact) mass is 395 g/mol. The molecular formula is C22H15Cl2NO2. The van der Waals surface area contributed by atoms with Crippen molar-refractivity contribution in [3.8, 4) is 0 Å². The highest BCUT2D eigenvalue weighted by atomic mass is 35.5. The van der Waals surface area contributed by atoms with E-state index in [1.807, 2.05) is 30.3 Å². The average molecular weight is 396 g/mol. The Hall–Kier alpha value is -2.62. The zero-order valence-electron chi connectivity index (χ0n) is 14.5. The Bertz CT molecular complexity index is 1170. The molecule has 1 N–H and O–H groups in total. The molecule has 0 atom stereocenters. The Balaban J connectivity index is 1.84. The Morgan fingerprint density at radius 1 is 0.963 bits per heavy atom. The van der Waals surface area contributed by atoms with Crippen LogP contribution in [0.4, 0.5) is 0 Å². The molecule has 0 bridgehead atoms. The highest BCUT2D eigenvalue weighted by Gasteiger charge is 2.29. The van der Waals surface area contributed by atoms with Gasteiger partial charge in [-0.1, -0.05) is 65.7 Å². The molecule has 1 aromatic heterocycles. The van der Waals surface area contributed by atoms with Crippen LogP contribution >= 0.6 is 23.2 Å². The number of allylic oxidation sites excluding steroid dienone is 4. The first-order valence-corrected chi connectivity index (χ1v) is 9.23. The molecule has 5 heteroatoms. The summed E-state index contributed by atoms with van der Waals surface area (Å²) in [4.78, 5) is 27.8. The first-order chi connectivity index (χ1) is 13.0. The van der Waals surface area contributed by atoms with Crippen LogP contribution in [0.1, 0.15) is 22.3 Å². The maximum Gasteiger partial charge on any atom is 0.206 e. The van der Waals surface area contributed by atoms with Crippen LogP contribution < -0.4 is 0 Å². The van der Waals surface area contributed by atoms with E-state index < -0.39 is 11.6 Å². The summed E-state index contributed by atoms with van der Waals surface area (Å²) in [5, 5.41) is 0.612. The van der Waals surface area contributed by atoms with Crippen molar-refractivity contribution < 1.29 is 9.59 Å². The number of rotatable bonds is 3. The molecule has 0 radical (unpaired) electrons. The van der Waals surface area contributed by atoms with E-state index in [4.69, 9.17) is 23.2 Å². The molecule has 3 aromatic rings. The average Bonchev–Trinajstić information content (AvgIpc) is 3.07. The quantitative estimate of drug-likeness (QED) is 0.612. The topological polar surface area (TPSA) is 49.9 Å². The molecule has 3 nitrogen and oxygen atoms in total. The van der Waals surface area contributed by atoms with Gasteiger partial charge in [0.1, 0.15) is 0 Å². The highest BCUT2D eigenvalue weighted by Crippen LogP contribution is 2.36. The molecular weight excluding hydrogens is 381 g/mol. The van der Waals surface area contributed by atoms with Gasteiger partial charge >= 0.3 is 0 Å². The van der Waals surface area contributed by atoms with Gasteiger partial charge in [-0.15, -0.1) is 0 Å². The predicted molar refractivity (Wildman–Crippen MR) is 109 cm³/mol. The first kappa shape index (κ1) is 17.8. The molecule has 1 heterocycles. The smallest absolute Gasteiger partial charge is 0.206 e. The Morgan fingerprint density at radius 3 is 2.48 bits per heavy atom. The number of ketones is 2. The second-order valence-corrected chi connectivity index (χ2v) is 7.31. The first-order valence-electron chi connectivity index (χ1n) is 8.47. The third-order valence-electron chi connectivity index (χ3n) is 4.85. The van der Waals surface area contributed by atoms with Crippen LogP contribution in [-0.2, 0) is 16.0 Å². The number of Topliss-reactive ketones (excluding diaryl/α,β-unsaturated/α-hetero) is 1. The number of aromatic nitrogens is 1. The second kappa shape index (κ2) is 6.84. The lowest BCUT2D eigenvalue weighted by Crippen LogP contribution is -2.13. The van der Waals surface area contributed by atoms with Gasteiger partial charge in [-0.25, -0.2) is 0 Å².